The number of ether oxygens (including phenoxy) is 1. The Hall–Kier alpha value is -2.72. The predicted octanol–water partition coefficient (Wildman–Crippen LogP) is 1.76. The number of anilines is 1. The number of halogens is 1. The summed E-state index contributed by atoms with van der Waals surface area (Å²) >= 11 is 3.26. The summed E-state index contributed by atoms with van der Waals surface area (Å²) < 4.78 is 28.4. The highest BCUT2D eigenvalue weighted by atomic mass is 79.9. The zero-order valence-corrected chi connectivity index (χ0v) is 17.2. The molecular formula is C18H17BrN2O6S. The number of carbonyl (C=O) groups excluding carboxylic acids is 3. The van der Waals surface area contributed by atoms with E-state index in [4.69, 9.17) is 4.74 Å². The van der Waals surface area contributed by atoms with Gasteiger partial charge >= 0.3 is 5.97 Å². The van der Waals surface area contributed by atoms with E-state index >= 15 is 0 Å². The molecule has 2 aromatic rings. The second-order valence-corrected chi connectivity index (χ2v) is 8.63. The number of benzene rings is 2. The van der Waals surface area contributed by atoms with Crippen LogP contribution in [0.1, 0.15) is 10.4 Å². The number of esters is 1. The van der Waals surface area contributed by atoms with Crippen LogP contribution < -0.4 is 10.6 Å². The van der Waals surface area contributed by atoms with Crippen molar-refractivity contribution >= 4 is 49.2 Å². The Morgan fingerprint density at radius 3 is 2.18 bits per heavy atom. The van der Waals surface area contributed by atoms with Gasteiger partial charge in [-0.15, -0.1) is 0 Å². The highest BCUT2D eigenvalue weighted by molar-refractivity contribution is 9.10. The molecule has 0 aliphatic heterocycles. The van der Waals surface area contributed by atoms with Crippen LogP contribution in [-0.2, 0) is 24.2 Å². The number of carbonyl (C=O) groups is 3. The number of nitrogens with one attached hydrogen (secondary N) is 2. The molecule has 8 nitrogen and oxygen atoms in total. The molecule has 0 spiro atoms. The van der Waals surface area contributed by atoms with Crippen LogP contribution in [0.5, 0.6) is 0 Å². The van der Waals surface area contributed by atoms with Crippen molar-refractivity contribution in [3.05, 3.63) is 58.6 Å². The van der Waals surface area contributed by atoms with Crippen molar-refractivity contribution in [3.8, 4) is 0 Å². The SMILES string of the molecule is CS(=O)(=O)c1ccc(NC(=O)COC(=O)CNC(=O)c2ccc(Br)cc2)cc1. The highest BCUT2D eigenvalue weighted by Crippen LogP contribution is 2.13. The third-order valence-electron chi connectivity index (χ3n) is 3.43. The molecule has 0 radical (unpaired) electrons. The van der Waals surface area contributed by atoms with Gasteiger partial charge in [0, 0.05) is 22.0 Å². The third-order valence-corrected chi connectivity index (χ3v) is 5.09. The lowest BCUT2D eigenvalue weighted by atomic mass is 10.2. The van der Waals surface area contributed by atoms with Gasteiger partial charge in [0.05, 0.1) is 4.90 Å². The lowest BCUT2D eigenvalue weighted by Crippen LogP contribution is -2.32. The monoisotopic (exact) mass is 468 g/mol. The predicted molar refractivity (Wildman–Crippen MR) is 106 cm³/mol. The minimum absolute atomic E-state index is 0.124. The van der Waals surface area contributed by atoms with E-state index in [0.29, 0.717) is 11.3 Å². The average Bonchev–Trinajstić information content (AvgIpc) is 2.64. The van der Waals surface area contributed by atoms with Crippen molar-refractivity contribution in [2.24, 2.45) is 0 Å². The minimum atomic E-state index is -3.32. The molecule has 28 heavy (non-hydrogen) atoms. The molecule has 0 saturated carbocycles. The van der Waals surface area contributed by atoms with Gasteiger partial charge in [-0.05, 0) is 48.5 Å². The van der Waals surface area contributed by atoms with Gasteiger partial charge in [-0.1, -0.05) is 15.9 Å². The number of hydrogen-bond acceptors (Lipinski definition) is 6. The zero-order valence-electron chi connectivity index (χ0n) is 14.8. The van der Waals surface area contributed by atoms with E-state index in [1.807, 2.05) is 0 Å². The zero-order chi connectivity index (χ0) is 20.7. The van der Waals surface area contributed by atoms with E-state index in [9.17, 15) is 22.8 Å². The Morgan fingerprint density at radius 1 is 1.00 bits per heavy atom. The van der Waals surface area contributed by atoms with Crippen molar-refractivity contribution in [1.29, 1.82) is 0 Å². The average molecular weight is 469 g/mol. The molecule has 0 aliphatic rings. The lowest BCUT2D eigenvalue weighted by molar-refractivity contribution is -0.146. The Morgan fingerprint density at radius 2 is 1.61 bits per heavy atom. The standard InChI is InChI=1S/C18H17BrN2O6S/c1-28(25,26)15-8-6-14(7-9-15)21-16(22)11-27-17(23)10-20-18(24)12-2-4-13(19)5-3-12/h2-9H,10-11H2,1H3,(H,20,24)(H,21,22). The van der Waals surface area contributed by atoms with Gasteiger partial charge in [0.25, 0.3) is 11.8 Å². The molecule has 2 aromatic carbocycles. The van der Waals surface area contributed by atoms with Crippen LogP contribution in [-0.4, -0.2) is 45.6 Å². The van der Waals surface area contributed by atoms with Crippen molar-refractivity contribution in [2.45, 2.75) is 4.90 Å². The minimum Gasteiger partial charge on any atom is -0.454 e. The van der Waals surface area contributed by atoms with Gasteiger partial charge in [0.1, 0.15) is 6.54 Å². The summed E-state index contributed by atoms with van der Waals surface area (Å²) in [4.78, 5) is 35.5. The van der Waals surface area contributed by atoms with Crippen LogP contribution in [0.15, 0.2) is 57.9 Å². The molecule has 0 atom stereocenters. The molecule has 0 unspecified atom stereocenters. The molecule has 0 aromatic heterocycles. The maximum atomic E-state index is 11.9. The van der Waals surface area contributed by atoms with Crippen molar-refractivity contribution in [3.63, 3.8) is 0 Å². The van der Waals surface area contributed by atoms with Crippen LogP contribution >= 0.6 is 15.9 Å². The maximum Gasteiger partial charge on any atom is 0.325 e. The number of sulfone groups is 1. The fraction of sp³-hybridized carbons (Fsp3) is 0.167. The quantitative estimate of drug-likeness (QED) is 0.597. The molecule has 2 amide bonds. The van der Waals surface area contributed by atoms with Crippen LogP contribution in [0.4, 0.5) is 5.69 Å². The van der Waals surface area contributed by atoms with Gasteiger partial charge in [-0.3, -0.25) is 14.4 Å². The molecule has 2 rings (SSSR count). The van der Waals surface area contributed by atoms with Gasteiger partial charge in [-0.25, -0.2) is 8.42 Å². The molecule has 2 N–H and O–H groups in total. The largest absolute Gasteiger partial charge is 0.454 e. The topological polar surface area (TPSA) is 119 Å². The van der Waals surface area contributed by atoms with Crippen LogP contribution in [0.2, 0.25) is 0 Å². The third kappa shape index (κ3) is 6.78. The Kier molecular flexibility index (Phi) is 7.30. The summed E-state index contributed by atoms with van der Waals surface area (Å²) in [6.07, 6.45) is 1.08. The molecule has 10 heteroatoms. The first-order chi connectivity index (χ1) is 13.1. The normalized spacial score (nSPS) is 10.8. The number of hydrogen-bond donors (Lipinski definition) is 2. The Bertz CT molecular complexity index is 972. The summed E-state index contributed by atoms with van der Waals surface area (Å²) in [6, 6.07) is 12.1. The van der Waals surface area contributed by atoms with Crippen LogP contribution in [0.3, 0.4) is 0 Å². The molecule has 0 heterocycles. The summed E-state index contributed by atoms with van der Waals surface area (Å²) in [5.41, 5.74) is 0.739. The van der Waals surface area contributed by atoms with E-state index in [1.165, 1.54) is 24.3 Å². The van der Waals surface area contributed by atoms with Gasteiger partial charge in [0.15, 0.2) is 16.4 Å². The molecule has 148 valence electrons. The fourth-order valence-electron chi connectivity index (χ4n) is 2.04. The van der Waals surface area contributed by atoms with E-state index < -0.39 is 34.2 Å². The molecule has 0 aliphatic carbocycles. The molecular weight excluding hydrogens is 452 g/mol. The number of amides is 2. The van der Waals surface area contributed by atoms with Crippen molar-refractivity contribution in [2.75, 3.05) is 24.7 Å². The second-order valence-electron chi connectivity index (χ2n) is 5.69. The summed E-state index contributed by atoms with van der Waals surface area (Å²) in [7, 11) is -3.32. The Labute approximate surface area is 170 Å². The van der Waals surface area contributed by atoms with E-state index in [1.54, 1.807) is 24.3 Å². The highest BCUT2D eigenvalue weighted by Gasteiger charge is 2.12. The number of rotatable bonds is 7. The summed E-state index contributed by atoms with van der Waals surface area (Å²) in [5.74, 6) is -1.81. The van der Waals surface area contributed by atoms with Crippen molar-refractivity contribution in [1.82, 2.24) is 5.32 Å². The smallest absolute Gasteiger partial charge is 0.325 e. The summed E-state index contributed by atoms with van der Waals surface area (Å²) in [5, 5.41) is 4.86. The van der Waals surface area contributed by atoms with E-state index in [-0.39, 0.29) is 11.4 Å². The van der Waals surface area contributed by atoms with Crippen LogP contribution in [0, 0.1) is 0 Å². The molecule has 0 fully saturated rings. The van der Waals surface area contributed by atoms with E-state index in [0.717, 1.165) is 10.7 Å². The first-order valence-electron chi connectivity index (χ1n) is 7.94. The summed E-state index contributed by atoms with van der Waals surface area (Å²) in [6.45, 7) is -0.925. The van der Waals surface area contributed by atoms with Crippen LogP contribution in [0.25, 0.3) is 0 Å². The van der Waals surface area contributed by atoms with Gasteiger partial charge < -0.3 is 15.4 Å². The van der Waals surface area contributed by atoms with Crippen molar-refractivity contribution < 1.29 is 27.5 Å². The molecule has 0 bridgehead atoms. The lowest BCUT2D eigenvalue weighted by Gasteiger charge is -2.08. The second kappa shape index (κ2) is 9.47. The molecule has 0 saturated heterocycles. The first kappa shape index (κ1) is 21.6. The van der Waals surface area contributed by atoms with Gasteiger partial charge in [0.2, 0.25) is 0 Å². The fourth-order valence-corrected chi connectivity index (χ4v) is 2.93. The Balaban J connectivity index is 1.75. The maximum absolute atomic E-state index is 11.9. The van der Waals surface area contributed by atoms with E-state index in [2.05, 4.69) is 26.6 Å². The van der Waals surface area contributed by atoms with Gasteiger partial charge in [-0.2, -0.15) is 0 Å². The first-order valence-corrected chi connectivity index (χ1v) is 10.6.